The van der Waals surface area contributed by atoms with E-state index in [0.29, 0.717) is 23.8 Å². The number of nitrogens with one attached hydrogen (secondary N) is 1. The molecule has 0 radical (unpaired) electrons. The lowest BCUT2D eigenvalue weighted by molar-refractivity contribution is 0.259. The minimum absolute atomic E-state index is 0.415. The third-order valence-electron chi connectivity index (χ3n) is 3.79. The number of halogens is 2. The zero-order valence-corrected chi connectivity index (χ0v) is 10.2. The third-order valence-corrected chi connectivity index (χ3v) is 3.79. The van der Waals surface area contributed by atoms with Crippen molar-refractivity contribution in [2.75, 3.05) is 13.1 Å². The van der Waals surface area contributed by atoms with Crippen molar-refractivity contribution in [1.82, 2.24) is 5.32 Å². The van der Waals surface area contributed by atoms with Crippen LogP contribution in [0.2, 0.25) is 0 Å². The Kier molecular flexibility index (Phi) is 4.11. The lowest BCUT2D eigenvalue weighted by Gasteiger charge is -2.29. The maximum absolute atomic E-state index is 13.4. The minimum Gasteiger partial charge on any atom is -0.316 e. The van der Waals surface area contributed by atoms with Crippen LogP contribution in [0.5, 0.6) is 0 Å². The molecule has 1 aliphatic rings. The summed E-state index contributed by atoms with van der Waals surface area (Å²) in [5, 5.41) is 3.37. The van der Waals surface area contributed by atoms with Crippen molar-refractivity contribution < 1.29 is 8.78 Å². The topological polar surface area (TPSA) is 12.0 Å². The maximum Gasteiger partial charge on any atom is 0.129 e. The molecule has 17 heavy (non-hydrogen) atoms. The predicted octanol–water partition coefficient (Wildman–Crippen LogP) is 3.14. The van der Waals surface area contributed by atoms with Crippen molar-refractivity contribution in [1.29, 1.82) is 0 Å². The monoisotopic (exact) mass is 239 g/mol. The summed E-state index contributed by atoms with van der Waals surface area (Å²) in [6.45, 7) is 4.36. The van der Waals surface area contributed by atoms with E-state index >= 15 is 0 Å². The van der Waals surface area contributed by atoms with Gasteiger partial charge in [-0.2, -0.15) is 0 Å². The molecule has 1 nitrogen and oxygen atoms in total. The standard InChI is InChI=1S/C14H19F2N/c1-10-6-7-17-9-12(10)3-2-11-4-5-13(15)8-14(11)16/h4-5,8,10,12,17H,2-3,6-7,9H2,1H3. The fraction of sp³-hybridized carbons (Fsp3) is 0.571. The zero-order chi connectivity index (χ0) is 12.3. The lowest BCUT2D eigenvalue weighted by Crippen LogP contribution is -2.35. The molecule has 1 aromatic rings. The first-order chi connectivity index (χ1) is 8.16. The van der Waals surface area contributed by atoms with Gasteiger partial charge >= 0.3 is 0 Å². The van der Waals surface area contributed by atoms with Crippen LogP contribution in [0.1, 0.15) is 25.3 Å². The average molecular weight is 239 g/mol. The van der Waals surface area contributed by atoms with E-state index in [2.05, 4.69) is 12.2 Å². The van der Waals surface area contributed by atoms with Gasteiger partial charge in [-0.3, -0.25) is 0 Å². The predicted molar refractivity (Wildman–Crippen MR) is 64.8 cm³/mol. The summed E-state index contributed by atoms with van der Waals surface area (Å²) in [4.78, 5) is 0. The first-order valence-corrected chi connectivity index (χ1v) is 6.31. The van der Waals surface area contributed by atoms with Crippen LogP contribution in [0.25, 0.3) is 0 Å². The molecule has 1 fully saturated rings. The second-order valence-corrected chi connectivity index (χ2v) is 5.00. The molecule has 3 heteroatoms. The highest BCUT2D eigenvalue weighted by atomic mass is 19.1. The first kappa shape index (κ1) is 12.5. The summed E-state index contributed by atoms with van der Waals surface area (Å²) in [5.41, 5.74) is 0.629. The number of piperidine rings is 1. The Hall–Kier alpha value is -0.960. The van der Waals surface area contributed by atoms with Crippen LogP contribution >= 0.6 is 0 Å². The second kappa shape index (κ2) is 5.58. The molecule has 1 heterocycles. The molecule has 0 amide bonds. The molecule has 1 aromatic carbocycles. The van der Waals surface area contributed by atoms with Gasteiger partial charge in [-0.15, -0.1) is 0 Å². The molecule has 2 unspecified atom stereocenters. The summed E-state index contributed by atoms with van der Waals surface area (Å²) in [6, 6.07) is 3.87. The molecular formula is C14H19F2N. The highest BCUT2D eigenvalue weighted by molar-refractivity contribution is 5.18. The number of hydrogen-bond donors (Lipinski definition) is 1. The summed E-state index contributed by atoms with van der Waals surface area (Å²) < 4.78 is 26.2. The summed E-state index contributed by atoms with van der Waals surface area (Å²) in [5.74, 6) is 0.383. The van der Waals surface area contributed by atoms with Gasteiger partial charge in [0, 0.05) is 6.07 Å². The average Bonchev–Trinajstić information content (AvgIpc) is 2.30. The van der Waals surface area contributed by atoms with Gasteiger partial charge in [0.1, 0.15) is 11.6 Å². The minimum atomic E-state index is -0.501. The van der Waals surface area contributed by atoms with E-state index in [-0.39, 0.29) is 0 Å². The highest BCUT2D eigenvalue weighted by Crippen LogP contribution is 2.24. The van der Waals surface area contributed by atoms with Crippen molar-refractivity contribution in [3.63, 3.8) is 0 Å². The van der Waals surface area contributed by atoms with E-state index in [4.69, 9.17) is 0 Å². The summed E-state index contributed by atoms with van der Waals surface area (Å²) in [7, 11) is 0. The largest absolute Gasteiger partial charge is 0.316 e. The fourth-order valence-electron chi connectivity index (χ4n) is 2.51. The van der Waals surface area contributed by atoms with Gasteiger partial charge in [0.2, 0.25) is 0 Å². The molecule has 1 saturated heterocycles. The van der Waals surface area contributed by atoms with E-state index in [1.165, 1.54) is 12.5 Å². The molecule has 0 saturated carbocycles. The quantitative estimate of drug-likeness (QED) is 0.854. The Morgan fingerprint density at radius 2 is 2.18 bits per heavy atom. The van der Waals surface area contributed by atoms with Crippen LogP contribution < -0.4 is 5.32 Å². The van der Waals surface area contributed by atoms with Crippen molar-refractivity contribution in [3.05, 3.63) is 35.4 Å². The zero-order valence-electron chi connectivity index (χ0n) is 10.2. The van der Waals surface area contributed by atoms with Gasteiger partial charge in [-0.25, -0.2) is 8.78 Å². The molecule has 0 bridgehead atoms. The van der Waals surface area contributed by atoms with E-state index in [9.17, 15) is 8.78 Å². The molecule has 1 N–H and O–H groups in total. The maximum atomic E-state index is 13.4. The molecule has 94 valence electrons. The molecule has 0 aliphatic carbocycles. The smallest absolute Gasteiger partial charge is 0.129 e. The number of hydrogen-bond acceptors (Lipinski definition) is 1. The van der Waals surface area contributed by atoms with Crippen molar-refractivity contribution in [2.24, 2.45) is 11.8 Å². The van der Waals surface area contributed by atoms with Gasteiger partial charge in [0.15, 0.2) is 0 Å². The Morgan fingerprint density at radius 3 is 2.88 bits per heavy atom. The van der Waals surface area contributed by atoms with Gasteiger partial charge in [0.05, 0.1) is 0 Å². The number of rotatable bonds is 3. The van der Waals surface area contributed by atoms with Crippen LogP contribution in [-0.2, 0) is 6.42 Å². The van der Waals surface area contributed by atoms with Crippen LogP contribution in [0.3, 0.4) is 0 Å². The van der Waals surface area contributed by atoms with Crippen molar-refractivity contribution >= 4 is 0 Å². The fourth-order valence-corrected chi connectivity index (χ4v) is 2.51. The summed E-state index contributed by atoms with van der Waals surface area (Å²) >= 11 is 0. The normalized spacial score (nSPS) is 24.9. The molecule has 1 aliphatic heterocycles. The SMILES string of the molecule is CC1CCNCC1CCc1ccc(F)cc1F. The van der Waals surface area contributed by atoms with E-state index < -0.39 is 11.6 Å². The van der Waals surface area contributed by atoms with Gasteiger partial charge in [-0.1, -0.05) is 13.0 Å². The van der Waals surface area contributed by atoms with Gasteiger partial charge in [-0.05, 0) is 55.8 Å². The van der Waals surface area contributed by atoms with Gasteiger partial charge < -0.3 is 5.32 Å². The van der Waals surface area contributed by atoms with Crippen LogP contribution in [0.15, 0.2) is 18.2 Å². The third kappa shape index (κ3) is 3.25. The van der Waals surface area contributed by atoms with Crippen LogP contribution in [-0.4, -0.2) is 13.1 Å². The molecule has 0 spiro atoms. The van der Waals surface area contributed by atoms with E-state index in [1.807, 2.05) is 0 Å². The van der Waals surface area contributed by atoms with Crippen LogP contribution in [0.4, 0.5) is 8.78 Å². The van der Waals surface area contributed by atoms with Gasteiger partial charge in [0.25, 0.3) is 0 Å². The Bertz CT molecular complexity index is 378. The van der Waals surface area contributed by atoms with E-state index in [1.54, 1.807) is 6.07 Å². The number of benzene rings is 1. The lowest BCUT2D eigenvalue weighted by atomic mass is 9.84. The Labute approximate surface area is 101 Å². The Morgan fingerprint density at radius 1 is 1.35 bits per heavy atom. The van der Waals surface area contributed by atoms with Crippen molar-refractivity contribution in [3.8, 4) is 0 Å². The van der Waals surface area contributed by atoms with E-state index in [0.717, 1.165) is 25.6 Å². The summed E-state index contributed by atoms with van der Waals surface area (Å²) in [6.07, 6.45) is 2.86. The second-order valence-electron chi connectivity index (χ2n) is 5.00. The molecular weight excluding hydrogens is 220 g/mol. The van der Waals surface area contributed by atoms with Crippen molar-refractivity contribution in [2.45, 2.75) is 26.2 Å². The highest BCUT2D eigenvalue weighted by Gasteiger charge is 2.20. The molecule has 2 atom stereocenters. The Balaban J connectivity index is 1.92. The number of aryl methyl sites for hydroxylation is 1. The molecule has 2 rings (SSSR count). The van der Waals surface area contributed by atoms with Crippen LogP contribution in [0, 0.1) is 23.5 Å². The first-order valence-electron chi connectivity index (χ1n) is 6.31. The molecule has 0 aromatic heterocycles.